The molecule has 1 aromatic carbocycles. The van der Waals surface area contributed by atoms with Crippen LogP contribution in [0.1, 0.15) is 30.5 Å². The van der Waals surface area contributed by atoms with Gasteiger partial charge in [0.1, 0.15) is 18.1 Å². The topological polar surface area (TPSA) is 244 Å². The molecule has 0 bridgehead atoms. The third kappa shape index (κ3) is 12.3. The SMILES string of the molecule is CSCCC(NC(=O)C(CCCN=C(N)N)NC(=O)C(N)Cc1cnc[nH]1)C(=O)NC(Cc1ccccc1)C(=O)O. The van der Waals surface area contributed by atoms with Crippen molar-refractivity contribution < 1.29 is 24.3 Å². The number of thioether (sulfide) groups is 1. The number of benzene rings is 1. The Kier molecular flexibility index (Phi) is 14.2. The number of carbonyl (C=O) groups is 4. The molecule has 0 spiro atoms. The van der Waals surface area contributed by atoms with Crippen LogP contribution in [0.25, 0.3) is 0 Å². The number of rotatable bonds is 18. The fourth-order valence-electron chi connectivity index (χ4n) is 3.88. The second-order valence-electron chi connectivity index (χ2n) is 9.33. The molecule has 1 aromatic heterocycles. The molecule has 0 aliphatic heterocycles. The second kappa shape index (κ2) is 17.6. The van der Waals surface area contributed by atoms with E-state index in [1.165, 1.54) is 18.1 Å². The van der Waals surface area contributed by atoms with E-state index in [1.54, 1.807) is 30.5 Å². The molecule has 15 heteroatoms. The number of carbonyl (C=O) groups excluding carboxylic acids is 3. The molecule has 0 aliphatic carbocycles. The first-order valence-electron chi connectivity index (χ1n) is 13.1. The summed E-state index contributed by atoms with van der Waals surface area (Å²) in [5.41, 5.74) is 18.2. The average Bonchev–Trinajstić information content (AvgIpc) is 3.45. The Hall–Kier alpha value is -4.11. The Bertz CT molecular complexity index is 1140. The van der Waals surface area contributed by atoms with Gasteiger partial charge in [-0.3, -0.25) is 19.4 Å². The molecule has 11 N–H and O–H groups in total. The number of guanidine groups is 1. The van der Waals surface area contributed by atoms with Crippen molar-refractivity contribution in [2.24, 2.45) is 22.2 Å². The number of H-pyrrole nitrogens is 1. The summed E-state index contributed by atoms with van der Waals surface area (Å²) in [4.78, 5) is 62.0. The largest absolute Gasteiger partial charge is 0.480 e. The van der Waals surface area contributed by atoms with E-state index in [4.69, 9.17) is 17.2 Å². The summed E-state index contributed by atoms with van der Waals surface area (Å²) in [6.07, 6.45) is 5.86. The molecule has 2 aromatic rings. The fraction of sp³-hybridized carbons (Fsp3) is 0.462. The molecule has 4 atom stereocenters. The minimum absolute atomic E-state index is 0.0722. The molecule has 2 rings (SSSR count). The maximum Gasteiger partial charge on any atom is 0.326 e. The zero-order valence-corrected chi connectivity index (χ0v) is 23.7. The molecule has 224 valence electrons. The van der Waals surface area contributed by atoms with Crippen LogP contribution in [0.15, 0.2) is 47.8 Å². The molecule has 0 radical (unpaired) electrons. The maximum atomic E-state index is 13.4. The molecule has 0 saturated carbocycles. The number of aromatic nitrogens is 2. The van der Waals surface area contributed by atoms with Crippen molar-refractivity contribution >= 4 is 41.4 Å². The van der Waals surface area contributed by atoms with E-state index in [0.29, 0.717) is 17.9 Å². The number of nitrogens with zero attached hydrogens (tertiary/aromatic N) is 2. The van der Waals surface area contributed by atoms with E-state index < -0.39 is 47.9 Å². The number of aromatic amines is 1. The van der Waals surface area contributed by atoms with Crippen LogP contribution >= 0.6 is 11.8 Å². The van der Waals surface area contributed by atoms with Gasteiger partial charge < -0.3 is 43.2 Å². The molecule has 3 amide bonds. The van der Waals surface area contributed by atoms with Crippen LogP contribution < -0.4 is 33.2 Å². The first kappa shape index (κ1) is 33.1. The Morgan fingerprint density at radius 3 is 2.20 bits per heavy atom. The third-order valence-electron chi connectivity index (χ3n) is 6.05. The molecule has 0 aliphatic rings. The van der Waals surface area contributed by atoms with E-state index in [2.05, 4.69) is 30.9 Å². The van der Waals surface area contributed by atoms with Crippen LogP contribution in [0.2, 0.25) is 0 Å². The lowest BCUT2D eigenvalue weighted by molar-refractivity contribution is -0.142. The van der Waals surface area contributed by atoms with Crippen molar-refractivity contribution in [3.63, 3.8) is 0 Å². The number of imidazole rings is 1. The summed E-state index contributed by atoms with van der Waals surface area (Å²) < 4.78 is 0. The van der Waals surface area contributed by atoms with Crippen molar-refractivity contribution in [2.75, 3.05) is 18.6 Å². The summed E-state index contributed by atoms with van der Waals surface area (Å²) in [5, 5.41) is 17.6. The number of hydrogen-bond donors (Lipinski definition) is 8. The van der Waals surface area contributed by atoms with Crippen molar-refractivity contribution in [2.45, 2.75) is 56.3 Å². The van der Waals surface area contributed by atoms with Crippen molar-refractivity contribution in [1.29, 1.82) is 0 Å². The Labute approximate surface area is 242 Å². The van der Waals surface area contributed by atoms with Gasteiger partial charge in [0.15, 0.2) is 5.96 Å². The normalized spacial score (nSPS) is 13.7. The minimum atomic E-state index is -1.20. The van der Waals surface area contributed by atoms with Crippen LogP contribution in [0.3, 0.4) is 0 Å². The summed E-state index contributed by atoms with van der Waals surface area (Å²) in [5.74, 6) is -2.61. The molecule has 4 unspecified atom stereocenters. The van der Waals surface area contributed by atoms with E-state index in [9.17, 15) is 24.3 Å². The standard InChI is InChI=1S/C26H39N9O5S/c1-41-11-9-20(24(38)35-21(25(39)40)12-16-6-3-2-4-7-16)34-23(37)19(8-5-10-31-26(28)29)33-22(36)18(27)13-17-14-30-15-32-17/h2-4,6-7,14-15,18-21H,5,8-13,27H2,1H3,(H,30,32)(H,33,36)(H,34,37)(H,35,38)(H,39,40)(H4,28,29,31). The van der Waals surface area contributed by atoms with Crippen molar-refractivity contribution in [3.05, 3.63) is 54.1 Å². The highest BCUT2D eigenvalue weighted by molar-refractivity contribution is 7.98. The predicted octanol–water partition coefficient (Wildman–Crippen LogP) is -1.13. The monoisotopic (exact) mass is 589 g/mol. The van der Waals surface area contributed by atoms with E-state index in [1.807, 2.05) is 12.3 Å². The van der Waals surface area contributed by atoms with Crippen LogP contribution in [0.5, 0.6) is 0 Å². The van der Waals surface area contributed by atoms with E-state index in [0.717, 1.165) is 5.56 Å². The van der Waals surface area contributed by atoms with Gasteiger partial charge in [0.25, 0.3) is 0 Å². The predicted molar refractivity (Wildman–Crippen MR) is 157 cm³/mol. The number of aliphatic carboxylic acids is 1. The van der Waals surface area contributed by atoms with Gasteiger partial charge in [0.05, 0.1) is 12.4 Å². The quantitative estimate of drug-likeness (QED) is 0.0590. The fourth-order valence-corrected chi connectivity index (χ4v) is 4.35. The lowest BCUT2D eigenvalue weighted by atomic mass is 10.0. The number of carboxylic acid groups (broad SMARTS) is 1. The average molecular weight is 590 g/mol. The van der Waals surface area contributed by atoms with Gasteiger partial charge in [-0.1, -0.05) is 30.3 Å². The summed E-state index contributed by atoms with van der Waals surface area (Å²) in [6, 6.07) is 4.64. The molecule has 0 saturated heterocycles. The maximum absolute atomic E-state index is 13.4. The summed E-state index contributed by atoms with van der Waals surface area (Å²) in [7, 11) is 0. The van der Waals surface area contributed by atoms with Gasteiger partial charge in [-0.05, 0) is 36.8 Å². The number of amides is 3. The number of carboxylic acids is 1. The number of hydrogen-bond acceptors (Lipinski definition) is 8. The highest BCUT2D eigenvalue weighted by atomic mass is 32.2. The molecule has 0 fully saturated rings. The first-order valence-corrected chi connectivity index (χ1v) is 14.4. The minimum Gasteiger partial charge on any atom is -0.480 e. The Balaban J connectivity index is 2.13. The lowest BCUT2D eigenvalue weighted by Gasteiger charge is -2.25. The summed E-state index contributed by atoms with van der Waals surface area (Å²) >= 11 is 1.47. The van der Waals surface area contributed by atoms with Gasteiger partial charge in [-0.25, -0.2) is 9.78 Å². The number of nitrogens with one attached hydrogen (secondary N) is 4. The highest BCUT2D eigenvalue weighted by Crippen LogP contribution is 2.08. The van der Waals surface area contributed by atoms with Gasteiger partial charge in [0, 0.05) is 31.3 Å². The van der Waals surface area contributed by atoms with Crippen LogP contribution in [-0.2, 0) is 32.0 Å². The van der Waals surface area contributed by atoms with Crippen LogP contribution in [0, 0.1) is 0 Å². The molecule has 41 heavy (non-hydrogen) atoms. The molecular formula is C26H39N9O5S. The van der Waals surface area contributed by atoms with Crippen molar-refractivity contribution in [3.8, 4) is 0 Å². The Morgan fingerprint density at radius 2 is 1.61 bits per heavy atom. The zero-order chi connectivity index (χ0) is 30.2. The van der Waals surface area contributed by atoms with Crippen LogP contribution in [-0.4, -0.2) is 87.4 Å². The van der Waals surface area contributed by atoms with E-state index in [-0.39, 0.29) is 38.2 Å². The molecule has 1 heterocycles. The molecule has 14 nitrogen and oxygen atoms in total. The first-order chi connectivity index (χ1) is 19.6. The smallest absolute Gasteiger partial charge is 0.326 e. The van der Waals surface area contributed by atoms with Gasteiger partial charge in [-0.15, -0.1) is 0 Å². The number of nitrogens with two attached hydrogens (primary N) is 3. The second-order valence-corrected chi connectivity index (χ2v) is 10.3. The third-order valence-corrected chi connectivity index (χ3v) is 6.69. The summed E-state index contributed by atoms with van der Waals surface area (Å²) in [6.45, 7) is 0.221. The van der Waals surface area contributed by atoms with Gasteiger partial charge >= 0.3 is 5.97 Å². The number of aliphatic imine (C=N–C) groups is 1. The Morgan fingerprint density at radius 1 is 0.976 bits per heavy atom. The lowest BCUT2D eigenvalue weighted by Crippen LogP contribution is -2.57. The zero-order valence-electron chi connectivity index (χ0n) is 22.9. The van der Waals surface area contributed by atoms with Gasteiger partial charge in [0.2, 0.25) is 17.7 Å². The van der Waals surface area contributed by atoms with Gasteiger partial charge in [-0.2, -0.15) is 11.8 Å². The van der Waals surface area contributed by atoms with E-state index >= 15 is 0 Å². The van der Waals surface area contributed by atoms with Crippen LogP contribution in [0.4, 0.5) is 0 Å². The van der Waals surface area contributed by atoms with Crippen molar-refractivity contribution in [1.82, 2.24) is 25.9 Å². The highest BCUT2D eigenvalue weighted by Gasteiger charge is 2.30. The molecular weight excluding hydrogens is 550 g/mol.